The van der Waals surface area contributed by atoms with Crippen LogP contribution in [-0.2, 0) is 33.5 Å². The number of Topliss-reactive ketones (excluding diaryl/α,β-unsaturated/α-hetero) is 1. The first-order valence-electron chi connectivity index (χ1n) is 20.6. The van der Waals surface area contributed by atoms with E-state index in [1.807, 2.05) is 6.07 Å². The third kappa shape index (κ3) is 12.4. The molecule has 0 spiro atoms. The lowest BCUT2D eigenvalue weighted by atomic mass is 9.83. The maximum absolute atomic E-state index is 15.1. The van der Waals surface area contributed by atoms with Crippen LogP contribution in [-0.4, -0.2) is 100 Å². The number of carbonyl (C=O) groups is 8. The van der Waals surface area contributed by atoms with Crippen LogP contribution in [0.3, 0.4) is 0 Å². The van der Waals surface area contributed by atoms with Gasteiger partial charge in [0, 0.05) is 13.0 Å². The van der Waals surface area contributed by atoms with Crippen molar-refractivity contribution in [3.05, 3.63) is 69.3 Å². The number of nitrogens with one attached hydrogen (secondary N) is 4. The summed E-state index contributed by atoms with van der Waals surface area (Å²) in [5.41, 5.74) is 3.28. The van der Waals surface area contributed by atoms with Gasteiger partial charge in [-0.05, 0) is 65.4 Å². The number of rotatable bonds is 17. The van der Waals surface area contributed by atoms with Crippen molar-refractivity contribution < 1.29 is 65.8 Å². The fourth-order valence-corrected chi connectivity index (χ4v) is 8.10. The second-order valence-electron chi connectivity index (χ2n) is 17.0. The number of benzene rings is 2. The summed E-state index contributed by atoms with van der Waals surface area (Å²) in [7, 11) is 0. The Morgan fingerprint density at radius 2 is 1.44 bits per heavy atom. The van der Waals surface area contributed by atoms with E-state index >= 15 is 4.39 Å². The molecule has 16 nitrogen and oxygen atoms in total. The molecular weight excluding hydrogens is 836 g/mol. The van der Waals surface area contributed by atoms with Crippen molar-refractivity contribution in [3.8, 4) is 0 Å². The first kappa shape index (κ1) is 49.7. The maximum Gasteiger partial charge on any atom is 0.339 e. The number of carboxylic acids is 1. The molecule has 6 amide bonds. The normalized spacial score (nSPS) is 18.2. The fourth-order valence-electron chi connectivity index (χ4n) is 8.10. The third-order valence-electron chi connectivity index (χ3n) is 10.8. The summed E-state index contributed by atoms with van der Waals surface area (Å²) in [6, 6.07) is -0.575. The van der Waals surface area contributed by atoms with Gasteiger partial charge in [-0.25, -0.2) is 22.4 Å². The van der Waals surface area contributed by atoms with Crippen molar-refractivity contribution >= 4 is 47.2 Å². The summed E-state index contributed by atoms with van der Waals surface area (Å²) < 4.78 is 64.3. The monoisotopic (exact) mass is 890 g/mol. The third-order valence-corrected chi connectivity index (χ3v) is 10.8. The van der Waals surface area contributed by atoms with Gasteiger partial charge in [-0.3, -0.25) is 33.6 Å². The molecule has 1 saturated heterocycles. The number of aryl methyl sites for hydroxylation is 2. The van der Waals surface area contributed by atoms with E-state index in [4.69, 9.17) is 10.5 Å². The zero-order valence-corrected chi connectivity index (χ0v) is 35.9. The molecule has 0 radical (unpaired) electrons. The number of primary amides is 1. The number of halogens is 4. The van der Waals surface area contributed by atoms with Crippen LogP contribution in [0.25, 0.3) is 0 Å². The average molecular weight is 891 g/mol. The van der Waals surface area contributed by atoms with Crippen molar-refractivity contribution in [2.75, 3.05) is 13.1 Å². The molecule has 2 unspecified atom stereocenters. The van der Waals surface area contributed by atoms with E-state index in [1.54, 1.807) is 53.7 Å². The van der Waals surface area contributed by atoms with E-state index in [-0.39, 0.29) is 25.8 Å². The van der Waals surface area contributed by atoms with Crippen LogP contribution in [0.15, 0.2) is 18.2 Å². The molecular formula is C43H54F4N6O10. The van der Waals surface area contributed by atoms with E-state index in [1.165, 1.54) is 0 Å². The minimum absolute atomic E-state index is 0.0632. The number of carboxylic acid groups (broad SMARTS) is 1. The molecule has 344 valence electrons. The van der Waals surface area contributed by atoms with E-state index < -0.39 is 130 Å². The molecule has 1 saturated carbocycles. The molecule has 0 bridgehead atoms. The summed E-state index contributed by atoms with van der Waals surface area (Å²) >= 11 is 0. The number of ketones is 1. The Kier molecular flexibility index (Phi) is 16.6. The van der Waals surface area contributed by atoms with Gasteiger partial charge in [-0.1, -0.05) is 61.9 Å². The summed E-state index contributed by atoms with van der Waals surface area (Å²) in [4.78, 5) is 107. The molecule has 2 aliphatic rings. The fraction of sp³-hybridized carbons (Fsp3) is 0.535. The zero-order chi connectivity index (χ0) is 47.1. The van der Waals surface area contributed by atoms with E-state index in [0.717, 1.165) is 22.4 Å². The van der Waals surface area contributed by atoms with Crippen LogP contribution >= 0.6 is 0 Å². The Morgan fingerprint density at radius 3 is 1.98 bits per heavy atom. The van der Waals surface area contributed by atoms with Gasteiger partial charge in [0.1, 0.15) is 23.7 Å². The smallest absolute Gasteiger partial charge is 0.339 e. The highest BCUT2D eigenvalue weighted by atomic mass is 19.2. The Balaban J connectivity index is 1.58. The number of aromatic carboxylic acids is 1. The molecule has 2 fully saturated rings. The SMILES string of the molecule is CCCC(NC(=O)[C@@H]1C[C@@H](OC(C)(C)C)CN1C(=O)[C@@H](NC(=O)c1c(F)c(F)c(F)c(F)c1C(=O)O)C1CCCCC1)C(=O)C(=O)NCC(=O)NC(C(N)=O)c1cc(C)cc(C)c1. The predicted octanol–water partition coefficient (Wildman–Crippen LogP) is 3.33. The second-order valence-corrected chi connectivity index (χ2v) is 17.0. The van der Waals surface area contributed by atoms with Crippen molar-refractivity contribution in [2.24, 2.45) is 11.7 Å². The molecule has 2 aromatic carbocycles. The molecule has 4 rings (SSSR count). The number of ether oxygens (including phenoxy) is 1. The Hall–Kier alpha value is -5.92. The van der Waals surface area contributed by atoms with E-state index in [2.05, 4.69) is 21.3 Å². The van der Waals surface area contributed by atoms with Gasteiger partial charge < -0.3 is 41.7 Å². The summed E-state index contributed by atoms with van der Waals surface area (Å²) in [6.07, 6.45) is 1.79. The van der Waals surface area contributed by atoms with E-state index in [0.29, 0.717) is 31.2 Å². The van der Waals surface area contributed by atoms with Crippen molar-refractivity contribution in [2.45, 2.75) is 129 Å². The molecule has 1 aliphatic heterocycles. The van der Waals surface area contributed by atoms with E-state index in [9.17, 15) is 56.6 Å². The van der Waals surface area contributed by atoms with Crippen LogP contribution in [0.4, 0.5) is 17.6 Å². The summed E-state index contributed by atoms with van der Waals surface area (Å²) in [6.45, 7) is 9.42. The van der Waals surface area contributed by atoms with Gasteiger partial charge >= 0.3 is 5.97 Å². The van der Waals surface area contributed by atoms with Gasteiger partial charge in [0.25, 0.3) is 11.8 Å². The lowest BCUT2D eigenvalue weighted by Gasteiger charge is -2.35. The van der Waals surface area contributed by atoms with Crippen LogP contribution in [0, 0.1) is 43.0 Å². The van der Waals surface area contributed by atoms with Crippen LogP contribution in [0.5, 0.6) is 0 Å². The lowest BCUT2D eigenvalue weighted by molar-refractivity contribution is -0.143. The van der Waals surface area contributed by atoms with Crippen LogP contribution < -0.4 is 27.0 Å². The highest BCUT2D eigenvalue weighted by molar-refractivity contribution is 6.38. The number of amides is 6. The minimum Gasteiger partial charge on any atom is -0.478 e. The lowest BCUT2D eigenvalue weighted by Crippen LogP contribution is -2.58. The summed E-state index contributed by atoms with van der Waals surface area (Å²) in [5.74, 6) is -20.2. The number of carbonyl (C=O) groups excluding carboxylic acids is 7. The van der Waals surface area contributed by atoms with Gasteiger partial charge in [-0.15, -0.1) is 0 Å². The molecule has 7 N–H and O–H groups in total. The molecule has 20 heteroatoms. The summed E-state index contributed by atoms with van der Waals surface area (Å²) in [5, 5.41) is 19.0. The largest absolute Gasteiger partial charge is 0.478 e. The molecule has 63 heavy (non-hydrogen) atoms. The van der Waals surface area contributed by atoms with Crippen LogP contribution in [0.2, 0.25) is 0 Å². The van der Waals surface area contributed by atoms with Crippen molar-refractivity contribution in [3.63, 3.8) is 0 Å². The number of nitrogens with two attached hydrogens (primary N) is 1. The minimum atomic E-state index is -2.46. The van der Waals surface area contributed by atoms with Gasteiger partial charge in [0.15, 0.2) is 23.3 Å². The van der Waals surface area contributed by atoms with Gasteiger partial charge in [0.05, 0.1) is 29.9 Å². The Morgan fingerprint density at radius 1 is 0.857 bits per heavy atom. The molecule has 5 atom stereocenters. The highest BCUT2D eigenvalue weighted by Gasteiger charge is 2.47. The van der Waals surface area contributed by atoms with Gasteiger partial charge in [0.2, 0.25) is 29.4 Å². The highest BCUT2D eigenvalue weighted by Crippen LogP contribution is 2.32. The standard InChI is InChI=1S/C43H54F4N6O10/c1-7-11-25(36(55)40(59)49-18-27(54)51-34(37(48)56)23-15-20(2)14-21(3)16-23)50-38(57)26-17-24(63-43(4,5)6)19-53(26)41(60)35(22-12-9-8-10-13-22)52-39(58)28-29(42(61)62)31(45)33(47)32(46)30(28)44/h14-16,22,24-26,34-35H,7-13,17-19H2,1-6H3,(H2,48,56)(H,49,59)(H,50,57)(H,51,54)(H,52,58)(H,61,62)/t24-,25?,26+,34?,35+/m1/s1. The number of likely N-dealkylation sites (tertiary alicyclic amines) is 1. The van der Waals surface area contributed by atoms with Gasteiger partial charge in [-0.2, -0.15) is 0 Å². The van der Waals surface area contributed by atoms with Crippen LogP contribution in [0.1, 0.15) is 123 Å². The topological polar surface area (TPSA) is 243 Å². The quantitative estimate of drug-likeness (QED) is 0.0586. The number of hydrogen-bond acceptors (Lipinski definition) is 9. The molecule has 2 aromatic rings. The second kappa shape index (κ2) is 21.0. The number of nitrogens with zero attached hydrogens (tertiary/aromatic N) is 1. The average Bonchev–Trinajstić information content (AvgIpc) is 3.62. The molecule has 0 aromatic heterocycles. The number of hydrogen-bond donors (Lipinski definition) is 6. The first-order valence-corrected chi connectivity index (χ1v) is 20.6. The predicted molar refractivity (Wildman–Crippen MR) is 217 cm³/mol. The Bertz CT molecular complexity index is 2120. The maximum atomic E-state index is 15.1. The molecule has 1 aliphatic carbocycles. The first-order chi connectivity index (χ1) is 29.4. The van der Waals surface area contributed by atoms with Crippen molar-refractivity contribution in [1.29, 1.82) is 0 Å². The van der Waals surface area contributed by atoms with Crippen molar-refractivity contribution in [1.82, 2.24) is 26.2 Å². The zero-order valence-electron chi connectivity index (χ0n) is 35.9. The molecule has 1 heterocycles. The Labute approximate surface area is 361 Å².